The number of hydrogen-bond acceptors (Lipinski definition) is 0. The van der Waals surface area contributed by atoms with Gasteiger partial charge < -0.3 is 0 Å². The summed E-state index contributed by atoms with van der Waals surface area (Å²) in [7, 11) is 0. The maximum Gasteiger partial charge on any atom is 0.411 e. The van der Waals surface area contributed by atoms with Gasteiger partial charge in [0.1, 0.15) is 0 Å². The molecule has 0 saturated heterocycles. The summed E-state index contributed by atoms with van der Waals surface area (Å²) in [4.78, 5) is 0. The minimum Gasteiger partial charge on any atom is -0.169 e. The first-order valence-electron chi connectivity index (χ1n) is 30.8. The Morgan fingerprint density at radius 2 is 0.333 bits per heavy atom. The van der Waals surface area contributed by atoms with Gasteiger partial charge in [0.2, 0.25) is 5.41 Å². The molecule has 0 aromatic heterocycles. The van der Waals surface area contributed by atoms with Crippen molar-refractivity contribution in [2.45, 2.75) is 176 Å². The Morgan fingerprint density at radius 1 is 0.190 bits per heavy atom. The number of alkyl halides is 6. The average Bonchev–Trinajstić information content (AvgIpc) is 1.14. The Labute approximate surface area is 510 Å². The Bertz CT molecular complexity index is 2390. The van der Waals surface area contributed by atoms with Gasteiger partial charge in [-0.1, -0.05) is 419 Å². The lowest BCUT2D eigenvalue weighted by Crippen LogP contribution is -2.54. The molecular weight excluding hydrogens is 1050 g/mol. The van der Waals surface area contributed by atoms with Crippen LogP contribution in [-0.4, -0.2) is 12.4 Å². The number of hydrogen-bond donors (Lipinski definition) is 0. The van der Waals surface area contributed by atoms with E-state index < -0.39 is 28.9 Å². The van der Waals surface area contributed by atoms with Crippen molar-refractivity contribution in [1.82, 2.24) is 0 Å². The molecule has 0 N–H and O–H groups in total. The highest BCUT2D eigenvalue weighted by atomic mass is 19.4. The maximum atomic E-state index is 13.5. The van der Waals surface area contributed by atoms with E-state index in [9.17, 15) is 26.3 Å². The van der Waals surface area contributed by atoms with Crippen LogP contribution in [0.1, 0.15) is 175 Å². The number of fused-ring (bicyclic) bond motifs is 1. The molecule has 0 atom stereocenters. The third-order valence-corrected chi connectivity index (χ3v) is 10.5. The van der Waals surface area contributed by atoms with Crippen LogP contribution in [-0.2, 0) is 10.8 Å². The van der Waals surface area contributed by atoms with Crippen molar-refractivity contribution in [1.29, 1.82) is 0 Å². The van der Waals surface area contributed by atoms with Gasteiger partial charge in [-0.3, -0.25) is 0 Å². The number of rotatable bonds is 5. The lowest BCUT2D eigenvalue weighted by molar-refractivity contribution is -0.288. The van der Waals surface area contributed by atoms with Gasteiger partial charge in [0.25, 0.3) is 0 Å². The molecule has 0 saturated carbocycles. The minimum absolute atomic E-state index is 0.0858. The van der Waals surface area contributed by atoms with Crippen molar-refractivity contribution < 1.29 is 26.3 Å². The van der Waals surface area contributed by atoms with Gasteiger partial charge in [0.15, 0.2) is 0 Å². The fourth-order valence-electron chi connectivity index (χ4n) is 7.01. The minimum atomic E-state index is -5.52. The van der Waals surface area contributed by atoms with Gasteiger partial charge in [-0.15, -0.1) is 0 Å². The third-order valence-electron chi connectivity index (χ3n) is 10.5. The third kappa shape index (κ3) is 33.2. The molecule has 0 bridgehead atoms. The van der Waals surface area contributed by atoms with E-state index in [0.717, 1.165) is 48.5 Å². The Morgan fingerprint density at radius 3 is 0.512 bits per heavy atom. The van der Waals surface area contributed by atoms with Gasteiger partial charge >= 0.3 is 12.4 Å². The molecule has 9 aromatic rings. The van der Waals surface area contributed by atoms with E-state index in [1.807, 2.05) is 187 Å². The highest BCUT2D eigenvalue weighted by molar-refractivity contribution is 5.82. The second-order valence-electron chi connectivity index (χ2n) is 15.1. The molecule has 0 nitrogen and oxygen atoms in total. The molecule has 0 radical (unpaired) electrons. The van der Waals surface area contributed by atoms with Crippen LogP contribution in [0.15, 0.2) is 267 Å². The molecule has 0 spiro atoms. The summed E-state index contributed by atoms with van der Waals surface area (Å²) in [6, 6.07) is 81.5. The largest absolute Gasteiger partial charge is 0.411 e. The molecule has 0 aliphatic carbocycles. The van der Waals surface area contributed by atoms with Crippen molar-refractivity contribution in [3.05, 3.63) is 289 Å². The normalized spacial score (nSPS) is 9.19. The first kappa shape index (κ1) is 88.1. The molecule has 0 aliphatic heterocycles. The molecule has 9 aromatic carbocycles. The molecule has 0 heterocycles. The van der Waals surface area contributed by atoms with Gasteiger partial charge in [0.05, 0.1) is 0 Å². The summed E-state index contributed by atoms with van der Waals surface area (Å²) in [5.74, 6) is 0. The van der Waals surface area contributed by atoms with Crippen molar-refractivity contribution in [3.8, 4) is 11.1 Å². The van der Waals surface area contributed by atoms with E-state index >= 15 is 0 Å². The van der Waals surface area contributed by atoms with Gasteiger partial charge in [-0.05, 0) is 44.2 Å². The fraction of sp³-hybridized carbons (Fsp3) is 0.333. The van der Waals surface area contributed by atoms with Crippen molar-refractivity contribution in [2.24, 2.45) is 0 Å². The standard InChI is InChI=1S/C15H10F6.C15H16.C12H10.C10H8.C6H6.10C2H6/c16-14(17,18)13(15(19,20)21,11-7-3-1-4-8-11)12-9-5-2-6-10-12;1-15(2,13-9-5-3-6-10-13)14-11-7-4-8-12-14;1-3-7-11(8-4-1)12-9-5-2-6-10-12;1-2-6-10-8-4-3-7-9(10)5-1;1-2-4-6-5-3-1;10*1-2/h1-10H;3-12H,1-2H3;1-10H;1-8H;1-6H;10*1-2H3. The van der Waals surface area contributed by atoms with Gasteiger partial charge in [-0.25, -0.2) is 0 Å². The van der Waals surface area contributed by atoms with E-state index in [0.29, 0.717) is 0 Å². The second kappa shape index (κ2) is 59.0. The molecule has 6 heteroatoms. The summed E-state index contributed by atoms with van der Waals surface area (Å²) in [5, 5.41) is 2.62. The van der Waals surface area contributed by atoms with E-state index in [1.165, 1.54) is 45.2 Å². The topological polar surface area (TPSA) is 0 Å². The lowest BCUT2D eigenvalue weighted by atomic mass is 9.73. The summed E-state index contributed by atoms with van der Waals surface area (Å²) in [6.45, 7) is 44.5. The smallest absolute Gasteiger partial charge is 0.169 e. The van der Waals surface area contributed by atoms with E-state index in [4.69, 9.17) is 0 Å². The first-order valence-corrected chi connectivity index (χ1v) is 30.8. The van der Waals surface area contributed by atoms with Crippen LogP contribution in [0.5, 0.6) is 0 Å². The van der Waals surface area contributed by atoms with E-state index in [-0.39, 0.29) is 5.41 Å². The lowest BCUT2D eigenvalue weighted by Gasteiger charge is -2.38. The molecular formula is C78H110F6. The predicted octanol–water partition coefficient (Wildman–Crippen LogP) is 27.3. The first-order chi connectivity index (χ1) is 40.9. The van der Waals surface area contributed by atoms with Crippen molar-refractivity contribution in [2.75, 3.05) is 0 Å². The molecule has 0 aliphatic rings. The Hall–Kier alpha value is -7.18. The van der Waals surface area contributed by atoms with Crippen molar-refractivity contribution >= 4 is 10.8 Å². The molecule has 0 fully saturated rings. The summed E-state index contributed by atoms with van der Waals surface area (Å²) in [6.07, 6.45) is -11.0. The molecule has 0 unspecified atom stereocenters. The van der Waals surface area contributed by atoms with E-state index in [2.05, 4.69) is 172 Å². The Balaban J connectivity index is -0.000000216. The molecule has 9 rings (SSSR count). The quantitative estimate of drug-likeness (QED) is 0.151. The predicted molar refractivity (Wildman–Crippen MR) is 367 cm³/mol. The average molecular weight is 1160 g/mol. The summed E-state index contributed by atoms with van der Waals surface area (Å²) < 4.78 is 81.1. The summed E-state index contributed by atoms with van der Waals surface area (Å²) in [5.41, 5.74) is -0.388. The zero-order valence-corrected chi connectivity index (χ0v) is 55.7. The Kier molecular flexibility index (Phi) is 61.8. The maximum absolute atomic E-state index is 13.5. The van der Waals surface area contributed by atoms with Crippen LogP contribution in [0.25, 0.3) is 21.9 Å². The zero-order chi connectivity index (χ0) is 65.7. The fourth-order valence-corrected chi connectivity index (χ4v) is 7.01. The van der Waals surface area contributed by atoms with Crippen LogP contribution in [0, 0.1) is 0 Å². The molecule has 0 amide bonds. The highest BCUT2D eigenvalue weighted by Gasteiger charge is 2.72. The van der Waals surface area contributed by atoms with E-state index in [1.54, 1.807) is 0 Å². The molecule has 84 heavy (non-hydrogen) atoms. The monoisotopic (exact) mass is 1160 g/mol. The SMILES string of the molecule is CC.CC.CC.CC.CC.CC.CC.CC.CC.CC.CC(C)(c1ccccc1)c1ccccc1.FC(F)(F)C(c1ccccc1)(c1ccccc1)C(F)(F)F.c1ccc(-c2ccccc2)cc1.c1ccc2ccccc2c1.c1ccccc1. The molecule has 464 valence electrons. The second-order valence-corrected chi connectivity index (χ2v) is 15.1. The van der Waals surface area contributed by atoms with Gasteiger partial charge in [-0.2, -0.15) is 26.3 Å². The number of benzene rings is 9. The van der Waals surface area contributed by atoms with Crippen LogP contribution < -0.4 is 0 Å². The van der Waals surface area contributed by atoms with Gasteiger partial charge in [0, 0.05) is 5.41 Å². The highest BCUT2D eigenvalue weighted by Crippen LogP contribution is 2.56. The number of halogens is 6. The van der Waals surface area contributed by atoms with Crippen LogP contribution in [0.3, 0.4) is 0 Å². The zero-order valence-electron chi connectivity index (χ0n) is 55.7. The summed E-state index contributed by atoms with van der Waals surface area (Å²) >= 11 is 0. The van der Waals surface area contributed by atoms with Crippen molar-refractivity contribution in [3.63, 3.8) is 0 Å². The van der Waals surface area contributed by atoms with Crippen LogP contribution in [0.4, 0.5) is 26.3 Å². The van der Waals surface area contributed by atoms with Crippen LogP contribution in [0.2, 0.25) is 0 Å². The van der Waals surface area contributed by atoms with Crippen LogP contribution >= 0.6 is 0 Å².